The summed E-state index contributed by atoms with van der Waals surface area (Å²) in [7, 11) is 0. The number of aryl methyl sites for hydroxylation is 2. The van der Waals surface area contributed by atoms with E-state index in [9.17, 15) is 0 Å². The van der Waals surface area contributed by atoms with Crippen LogP contribution in [0.15, 0.2) is 73.1 Å². The first-order valence-corrected chi connectivity index (χ1v) is 8.57. The molecule has 3 aromatic carbocycles. The molecule has 0 saturated carbocycles. The summed E-state index contributed by atoms with van der Waals surface area (Å²) in [6.45, 7) is 4.30. The van der Waals surface area contributed by atoms with Crippen LogP contribution in [0.4, 0.5) is 0 Å². The van der Waals surface area contributed by atoms with Crippen LogP contribution in [0.1, 0.15) is 11.1 Å². The molecule has 0 bridgehead atoms. The molecule has 5 aromatic rings. The fourth-order valence-electron chi connectivity index (χ4n) is 3.79. The molecule has 25 heavy (non-hydrogen) atoms. The largest absolute Gasteiger partial charge is 0.299 e. The van der Waals surface area contributed by atoms with E-state index in [1.165, 1.54) is 43.9 Å². The Bertz CT molecular complexity index is 1240. The molecule has 0 saturated heterocycles. The maximum atomic E-state index is 4.63. The third-order valence-corrected chi connectivity index (χ3v) is 4.96. The van der Waals surface area contributed by atoms with Crippen molar-refractivity contribution in [3.63, 3.8) is 0 Å². The van der Waals surface area contributed by atoms with E-state index in [4.69, 9.17) is 0 Å². The predicted molar refractivity (Wildman–Crippen MR) is 105 cm³/mol. The molecule has 0 unspecified atom stereocenters. The van der Waals surface area contributed by atoms with Crippen molar-refractivity contribution in [3.8, 4) is 11.1 Å². The number of pyridine rings is 1. The fraction of sp³-hybridized carbons (Fsp3) is 0.0870. The third-order valence-electron chi connectivity index (χ3n) is 4.96. The van der Waals surface area contributed by atoms with Crippen molar-refractivity contribution in [2.75, 3.05) is 0 Å². The van der Waals surface area contributed by atoms with Gasteiger partial charge in [0.25, 0.3) is 0 Å². The summed E-state index contributed by atoms with van der Waals surface area (Å²) in [6, 6.07) is 21.9. The molecule has 0 fully saturated rings. The molecule has 0 aliphatic carbocycles. The maximum absolute atomic E-state index is 4.63. The highest BCUT2D eigenvalue weighted by Gasteiger charge is 2.14. The summed E-state index contributed by atoms with van der Waals surface area (Å²) in [5.41, 5.74) is 7.28. The zero-order chi connectivity index (χ0) is 17.0. The Hall–Kier alpha value is -3.13. The topological polar surface area (TPSA) is 17.3 Å². The van der Waals surface area contributed by atoms with Crippen LogP contribution in [0.3, 0.4) is 0 Å². The Morgan fingerprint density at radius 1 is 0.760 bits per heavy atom. The van der Waals surface area contributed by atoms with Gasteiger partial charge in [-0.2, -0.15) is 0 Å². The van der Waals surface area contributed by atoms with E-state index in [2.05, 4.69) is 90.1 Å². The Labute approximate surface area is 146 Å². The molecule has 0 amide bonds. The second-order valence-electron chi connectivity index (χ2n) is 6.74. The molecule has 0 aliphatic heterocycles. The van der Waals surface area contributed by atoms with E-state index in [1.807, 2.05) is 6.20 Å². The van der Waals surface area contributed by atoms with Crippen molar-refractivity contribution in [2.45, 2.75) is 13.8 Å². The van der Waals surface area contributed by atoms with E-state index < -0.39 is 0 Å². The Balaban J connectivity index is 2.04. The quantitative estimate of drug-likeness (QED) is 0.350. The minimum atomic E-state index is 1.01. The SMILES string of the molecule is Cc1ccc(-c2cc(C)cc3c4ccccc4c4nccn4c23)cc1. The van der Waals surface area contributed by atoms with Crippen molar-refractivity contribution >= 4 is 27.3 Å². The summed E-state index contributed by atoms with van der Waals surface area (Å²) in [4.78, 5) is 4.63. The first-order chi connectivity index (χ1) is 12.2. The summed E-state index contributed by atoms with van der Waals surface area (Å²) in [5, 5.41) is 3.73. The van der Waals surface area contributed by atoms with E-state index in [1.54, 1.807) is 0 Å². The number of fused-ring (bicyclic) bond motifs is 6. The fourth-order valence-corrected chi connectivity index (χ4v) is 3.79. The minimum Gasteiger partial charge on any atom is -0.299 e. The molecule has 0 atom stereocenters. The Morgan fingerprint density at radius 2 is 1.52 bits per heavy atom. The molecule has 2 heteroatoms. The summed E-state index contributed by atoms with van der Waals surface area (Å²) >= 11 is 0. The van der Waals surface area contributed by atoms with E-state index >= 15 is 0 Å². The molecule has 2 aromatic heterocycles. The van der Waals surface area contributed by atoms with Gasteiger partial charge in [0.15, 0.2) is 0 Å². The smallest absolute Gasteiger partial charge is 0.145 e. The molecule has 0 aliphatic rings. The lowest BCUT2D eigenvalue weighted by atomic mass is 9.96. The number of nitrogens with zero attached hydrogens (tertiary/aromatic N) is 2. The number of rotatable bonds is 1. The van der Waals surface area contributed by atoms with Crippen LogP contribution in [-0.4, -0.2) is 9.38 Å². The summed E-state index contributed by atoms with van der Waals surface area (Å²) in [6.07, 6.45) is 3.96. The molecule has 2 heterocycles. The van der Waals surface area contributed by atoms with Crippen LogP contribution in [0.5, 0.6) is 0 Å². The van der Waals surface area contributed by atoms with Gasteiger partial charge >= 0.3 is 0 Å². The van der Waals surface area contributed by atoms with Gasteiger partial charge in [0.2, 0.25) is 0 Å². The predicted octanol–water partition coefficient (Wildman–Crippen LogP) is 5.92. The van der Waals surface area contributed by atoms with E-state index in [-0.39, 0.29) is 0 Å². The van der Waals surface area contributed by atoms with Crippen molar-refractivity contribution < 1.29 is 0 Å². The van der Waals surface area contributed by atoms with Gasteiger partial charge in [-0.15, -0.1) is 0 Å². The standard InChI is InChI=1S/C23H18N2/c1-15-7-9-17(10-8-15)20-13-16(2)14-21-18-5-3-4-6-19(18)23-24-11-12-25(23)22(20)21/h3-14H,1-2H3. The number of hydrogen-bond acceptors (Lipinski definition) is 1. The first-order valence-electron chi connectivity index (χ1n) is 8.57. The molecule has 2 nitrogen and oxygen atoms in total. The zero-order valence-corrected chi connectivity index (χ0v) is 14.3. The number of aromatic nitrogens is 2. The molecule has 0 N–H and O–H groups in total. The van der Waals surface area contributed by atoms with E-state index in [0.717, 1.165) is 5.65 Å². The minimum absolute atomic E-state index is 1.01. The zero-order valence-electron chi connectivity index (χ0n) is 14.3. The number of imidazole rings is 1. The van der Waals surface area contributed by atoms with Gasteiger partial charge in [-0.1, -0.05) is 54.1 Å². The lowest BCUT2D eigenvalue weighted by molar-refractivity contribution is 1.27. The number of hydrogen-bond donors (Lipinski definition) is 0. The van der Waals surface area contributed by atoms with Crippen molar-refractivity contribution in [3.05, 3.63) is 84.2 Å². The van der Waals surface area contributed by atoms with Gasteiger partial charge in [0.05, 0.1) is 5.52 Å². The van der Waals surface area contributed by atoms with Crippen LogP contribution < -0.4 is 0 Å². The van der Waals surface area contributed by atoms with Gasteiger partial charge in [0.1, 0.15) is 5.65 Å². The highest BCUT2D eigenvalue weighted by atomic mass is 15.0. The Kier molecular flexibility index (Phi) is 2.95. The molecule has 0 radical (unpaired) electrons. The first kappa shape index (κ1) is 14.2. The lowest BCUT2D eigenvalue weighted by Gasteiger charge is -2.14. The maximum Gasteiger partial charge on any atom is 0.145 e. The van der Waals surface area contributed by atoms with Gasteiger partial charge < -0.3 is 0 Å². The molecule has 5 rings (SSSR count). The third kappa shape index (κ3) is 2.07. The monoisotopic (exact) mass is 322 g/mol. The number of benzene rings is 3. The average molecular weight is 322 g/mol. The highest BCUT2D eigenvalue weighted by Crippen LogP contribution is 2.36. The van der Waals surface area contributed by atoms with Crippen LogP contribution >= 0.6 is 0 Å². The van der Waals surface area contributed by atoms with Crippen LogP contribution in [0.25, 0.3) is 38.4 Å². The van der Waals surface area contributed by atoms with Gasteiger partial charge in [-0.05, 0) is 42.5 Å². The van der Waals surface area contributed by atoms with Gasteiger partial charge in [-0.3, -0.25) is 4.40 Å². The Morgan fingerprint density at radius 3 is 2.32 bits per heavy atom. The van der Waals surface area contributed by atoms with Crippen LogP contribution in [0, 0.1) is 13.8 Å². The molecular formula is C23H18N2. The molecular weight excluding hydrogens is 304 g/mol. The molecule has 0 spiro atoms. The van der Waals surface area contributed by atoms with Crippen molar-refractivity contribution in [2.24, 2.45) is 0 Å². The van der Waals surface area contributed by atoms with Gasteiger partial charge in [0, 0.05) is 28.7 Å². The highest BCUT2D eigenvalue weighted by molar-refractivity contribution is 6.15. The van der Waals surface area contributed by atoms with Gasteiger partial charge in [-0.25, -0.2) is 4.98 Å². The lowest BCUT2D eigenvalue weighted by Crippen LogP contribution is -1.94. The molecule has 120 valence electrons. The second-order valence-corrected chi connectivity index (χ2v) is 6.74. The van der Waals surface area contributed by atoms with Crippen LogP contribution in [0.2, 0.25) is 0 Å². The van der Waals surface area contributed by atoms with E-state index in [0.29, 0.717) is 0 Å². The van der Waals surface area contributed by atoms with Crippen molar-refractivity contribution in [1.82, 2.24) is 9.38 Å². The van der Waals surface area contributed by atoms with Crippen LogP contribution in [-0.2, 0) is 0 Å². The summed E-state index contributed by atoms with van der Waals surface area (Å²) in [5.74, 6) is 0. The summed E-state index contributed by atoms with van der Waals surface area (Å²) < 4.78 is 2.23. The average Bonchev–Trinajstić information content (AvgIpc) is 3.12. The van der Waals surface area contributed by atoms with Crippen molar-refractivity contribution in [1.29, 1.82) is 0 Å². The normalized spacial score (nSPS) is 11.6. The second kappa shape index (κ2) is 5.18.